The number of nitrogens with zero attached hydrogens (tertiary/aromatic N) is 4. The maximum absolute atomic E-state index is 13.2. The van der Waals surface area contributed by atoms with E-state index in [4.69, 9.17) is 17.3 Å². The predicted octanol–water partition coefficient (Wildman–Crippen LogP) is 3.47. The molecule has 1 aromatic heterocycles. The number of nitrogen functional groups attached to an aromatic ring is 1. The lowest BCUT2D eigenvalue weighted by atomic mass is 10.2. The van der Waals surface area contributed by atoms with Gasteiger partial charge >= 0.3 is 0 Å². The highest BCUT2D eigenvalue weighted by Gasteiger charge is 2.13. The van der Waals surface area contributed by atoms with Crippen LogP contribution in [-0.4, -0.2) is 20.2 Å². The maximum Gasteiger partial charge on any atom is 0.187 e. The Morgan fingerprint density at radius 2 is 2.00 bits per heavy atom. The van der Waals surface area contributed by atoms with Gasteiger partial charge in [0.1, 0.15) is 5.82 Å². The van der Waals surface area contributed by atoms with Crippen molar-refractivity contribution in [1.82, 2.24) is 20.2 Å². The summed E-state index contributed by atoms with van der Waals surface area (Å²) in [7, 11) is 0. The Kier molecular flexibility index (Phi) is 3.60. The fourth-order valence-electron chi connectivity index (χ4n) is 1.84. The normalized spacial score (nSPS) is 10.8. The molecule has 2 N–H and O–H groups in total. The summed E-state index contributed by atoms with van der Waals surface area (Å²) < 4.78 is 15.5. The molecule has 3 rings (SSSR count). The lowest BCUT2D eigenvalue weighted by molar-refractivity contribution is 0.627. The van der Waals surface area contributed by atoms with E-state index >= 15 is 0 Å². The summed E-state index contributed by atoms with van der Waals surface area (Å²) in [6.45, 7) is 0. The Morgan fingerprint density at radius 1 is 1.19 bits per heavy atom. The standard InChI is InChI=1S/C13H8BrClFN5/c14-9-3-1-7(5-12(9)17)13-18-19-20-21(13)8-2-4-11(16)10(15)6-8/h1-6H,17H2. The molecule has 21 heavy (non-hydrogen) atoms. The lowest BCUT2D eigenvalue weighted by Crippen LogP contribution is -2.00. The molecule has 2 aromatic carbocycles. The zero-order valence-electron chi connectivity index (χ0n) is 10.5. The van der Waals surface area contributed by atoms with Crippen LogP contribution in [0.2, 0.25) is 5.02 Å². The second kappa shape index (κ2) is 5.42. The molecule has 0 fully saturated rings. The Balaban J connectivity index is 2.12. The zero-order chi connectivity index (χ0) is 15.0. The number of rotatable bonds is 2. The van der Waals surface area contributed by atoms with Crippen LogP contribution in [0.15, 0.2) is 40.9 Å². The van der Waals surface area contributed by atoms with Crippen molar-refractivity contribution in [3.05, 3.63) is 51.7 Å². The third-order valence-electron chi connectivity index (χ3n) is 2.87. The largest absolute Gasteiger partial charge is 0.398 e. The van der Waals surface area contributed by atoms with Gasteiger partial charge in [-0.15, -0.1) is 5.10 Å². The second-order valence-electron chi connectivity index (χ2n) is 4.25. The minimum absolute atomic E-state index is 0.00395. The van der Waals surface area contributed by atoms with E-state index in [1.165, 1.54) is 16.8 Å². The third kappa shape index (κ3) is 2.62. The number of benzene rings is 2. The van der Waals surface area contributed by atoms with Gasteiger partial charge in [0.15, 0.2) is 5.82 Å². The second-order valence-corrected chi connectivity index (χ2v) is 5.51. The minimum atomic E-state index is -0.497. The first-order valence-corrected chi connectivity index (χ1v) is 7.02. The van der Waals surface area contributed by atoms with Crippen LogP contribution in [-0.2, 0) is 0 Å². The van der Waals surface area contributed by atoms with Crippen LogP contribution in [0.4, 0.5) is 10.1 Å². The van der Waals surface area contributed by atoms with Crippen molar-refractivity contribution in [2.24, 2.45) is 0 Å². The molecule has 0 unspecified atom stereocenters. The number of hydrogen-bond acceptors (Lipinski definition) is 4. The molecule has 0 spiro atoms. The van der Waals surface area contributed by atoms with Crippen LogP contribution < -0.4 is 5.73 Å². The number of nitrogens with two attached hydrogens (primary N) is 1. The number of hydrogen-bond donors (Lipinski definition) is 1. The Bertz CT molecular complexity index is 754. The van der Waals surface area contributed by atoms with E-state index in [1.54, 1.807) is 18.2 Å². The van der Waals surface area contributed by atoms with Crippen LogP contribution in [0.5, 0.6) is 0 Å². The fourth-order valence-corrected chi connectivity index (χ4v) is 2.26. The molecule has 0 atom stereocenters. The molecule has 8 heteroatoms. The first kappa shape index (κ1) is 14.0. The average Bonchev–Trinajstić information content (AvgIpc) is 2.94. The molecular formula is C13H8BrClFN5. The molecule has 0 saturated heterocycles. The van der Waals surface area contributed by atoms with Gasteiger partial charge in [-0.05, 0) is 62.8 Å². The maximum atomic E-state index is 13.2. The molecular weight excluding hydrogens is 361 g/mol. The van der Waals surface area contributed by atoms with Gasteiger partial charge in [-0.25, -0.2) is 4.39 Å². The van der Waals surface area contributed by atoms with Crippen LogP contribution in [0, 0.1) is 5.82 Å². The third-order valence-corrected chi connectivity index (χ3v) is 3.88. The minimum Gasteiger partial charge on any atom is -0.398 e. The summed E-state index contributed by atoms with van der Waals surface area (Å²) in [5.74, 6) is -0.0141. The van der Waals surface area contributed by atoms with E-state index in [2.05, 4.69) is 31.5 Å². The molecule has 1 heterocycles. The number of anilines is 1. The van der Waals surface area contributed by atoms with Gasteiger partial charge in [0, 0.05) is 15.7 Å². The highest BCUT2D eigenvalue weighted by molar-refractivity contribution is 9.10. The van der Waals surface area contributed by atoms with Crippen molar-refractivity contribution in [3.8, 4) is 17.1 Å². The molecule has 0 aliphatic heterocycles. The Morgan fingerprint density at radius 3 is 2.71 bits per heavy atom. The van der Waals surface area contributed by atoms with Gasteiger partial charge in [-0.2, -0.15) is 4.68 Å². The van der Waals surface area contributed by atoms with Crippen molar-refractivity contribution in [2.75, 3.05) is 5.73 Å². The van der Waals surface area contributed by atoms with Gasteiger partial charge in [-0.1, -0.05) is 11.6 Å². The molecule has 0 radical (unpaired) electrons. The molecule has 0 aliphatic rings. The van der Waals surface area contributed by atoms with Crippen molar-refractivity contribution < 1.29 is 4.39 Å². The molecule has 0 saturated carbocycles. The van der Waals surface area contributed by atoms with E-state index in [1.807, 2.05) is 6.07 Å². The molecule has 5 nitrogen and oxygen atoms in total. The number of tetrazole rings is 1. The SMILES string of the molecule is Nc1cc(-c2nnnn2-c2ccc(F)c(Cl)c2)ccc1Br. The quantitative estimate of drug-likeness (QED) is 0.703. The van der Waals surface area contributed by atoms with Crippen LogP contribution >= 0.6 is 27.5 Å². The Hall–Kier alpha value is -1.99. The fraction of sp³-hybridized carbons (Fsp3) is 0. The van der Waals surface area contributed by atoms with Gasteiger partial charge < -0.3 is 5.73 Å². The number of aromatic nitrogens is 4. The van der Waals surface area contributed by atoms with Gasteiger partial charge in [0.05, 0.1) is 10.7 Å². The summed E-state index contributed by atoms with van der Waals surface area (Å²) in [4.78, 5) is 0. The topological polar surface area (TPSA) is 69.6 Å². The van der Waals surface area contributed by atoms with Crippen LogP contribution in [0.25, 0.3) is 17.1 Å². The monoisotopic (exact) mass is 367 g/mol. The molecule has 106 valence electrons. The molecule has 0 bridgehead atoms. The van der Waals surface area contributed by atoms with Gasteiger partial charge in [0.25, 0.3) is 0 Å². The summed E-state index contributed by atoms with van der Waals surface area (Å²) >= 11 is 9.12. The molecule has 3 aromatic rings. The van der Waals surface area contributed by atoms with E-state index in [0.29, 0.717) is 17.2 Å². The summed E-state index contributed by atoms with van der Waals surface area (Å²) in [6, 6.07) is 9.65. The first-order valence-electron chi connectivity index (χ1n) is 5.85. The van der Waals surface area contributed by atoms with Crippen molar-refractivity contribution >= 4 is 33.2 Å². The van der Waals surface area contributed by atoms with E-state index in [0.717, 1.165) is 10.0 Å². The highest BCUT2D eigenvalue weighted by atomic mass is 79.9. The summed E-state index contributed by atoms with van der Waals surface area (Å²) in [5, 5.41) is 11.5. The highest BCUT2D eigenvalue weighted by Crippen LogP contribution is 2.27. The van der Waals surface area contributed by atoms with E-state index < -0.39 is 5.82 Å². The molecule has 0 amide bonds. The van der Waals surface area contributed by atoms with Crippen molar-refractivity contribution in [3.63, 3.8) is 0 Å². The average molecular weight is 369 g/mol. The van der Waals surface area contributed by atoms with Crippen molar-refractivity contribution in [1.29, 1.82) is 0 Å². The van der Waals surface area contributed by atoms with E-state index in [9.17, 15) is 4.39 Å². The van der Waals surface area contributed by atoms with Crippen LogP contribution in [0.3, 0.4) is 0 Å². The zero-order valence-corrected chi connectivity index (χ0v) is 12.8. The smallest absolute Gasteiger partial charge is 0.187 e. The summed E-state index contributed by atoms with van der Waals surface area (Å²) in [5.41, 5.74) is 7.73. The van der Waals surface area contributed by atoms with Gasteiger partial charge in [-0.3, -0.25) is 0 Å². The summed E-state index contributed by atoms with van der Waals surface area (Å²) in [6.07, 6.45) is 0. The predicted molar refractivity (Wildman–Crippen MR) is 81.7 cm³/mol. The Labute approximate surface area is 132 Å². The van der Waals surface area contributed by atoms with Crippen molar-refractivity contribution in [2.45, 2.75) is 0 Å². The number of halogens is 3. The molecule has 0 aliphatic carbocycles. The van der Waals surface area contributed by atoms with E-state index in [-0.39, 0.29) is 5.02 Å². The lowest BCUT2D eigenvalue weighted by Gasteiger charge is -2.06. The van der Waals surface area contributed by atoms with Crippen LogP contribution in [0.1, 0.15) is 0 Å². The first-order chi connectivity index (χ1) is 10.1. The van der Waals surface area contributed by atoms with Gasteiger partial charge in [0.2, 0.25) is 0 Å².